The number of nitrogens with one attached hydrogen (secondary N) is 1. The highest BCUT2D eigenvalue weighted by atomic mass is 19.1. The van der Waals surface area contributed by atoms with Gasteiger partial charge in [0.25, 0.3) is 0 Å². The molecule has 1 N–H and O–H groups in total. The summed E-state index contributed by atoms with van der Waals surface area (Å²) in [6, 6.07) is 14.6. The Bertz CT molecular complexity index is 962. The lowest BCUT2D eigenvalue weighted by Gasteiger charge is -2.32. The largest absolute Gasteiger partial charge is 0.352 e. The molecule has 1 aromatic heterocycles. The maximum absolute atomic E-state index is 13.3. The van der Waals surface area contributed by atoms with Crippen molar-refractivity contribution in [1.29, 1.82) is 0 Å². The summed E-state index contributed by atoms with van der Waals surface area (Å²) >= 11 is 0. The minimum absolute atomic E-state index is 0.0202. The molecular weight excluding hydrogens is 339 g/mol. The summed E-state index contributed by atoms with van der Waals surface area (Å²) in [5, 5.41) is 1.07. The molecule has 0 aliphatic carbocycles. The quantitative estimate of drug-likeness (QED) is 0.652. The molecule has 1 atom stereocenters. The van der Waals surface area contributed by atoms with Gasteiger partial charge in [-0.3, -0.25) is 4.79 Å². The van der Waals surface area contributed by atoms with Crippen LogP contribution in [0.1, 0.15) is 47.3 Å². The Morgan fingerprint density at radius 3 is 2.93 bits per heavy atom. The normalized spacial score (nSPS) is 18.1. The van der Waals surface area contributed by atoms with Crippen LogP contribution in [0.25, 0.3) is 10.9 Å². The predicted molar refractivity (Wildman–Crippen MR) is 107 cm³/mol. The first-order valence-electron chi connectivity index (χ1n) is 9.75. The van der Waals surface area contributed by atoms with E-state index < -0.39 is 0 Å². The molecule has 0 bridgehead atoms. The number of likely N-dealkylation sites (tertiary alicyclic amines) is 1. The van der Waals surface area contributed by atoms with Crippen molar-refractivity contribution in [3.8, 4) is 0 Å². The molecule has 3 aromatic rings. The maximum Gasteiger partial charge on any atom is 0.183 e. The number of carbonyl (C=O) groups is 1. The molecule has 0 radical (unpaired) electrons. The topological polar surface area (TPSA) is 36.1 Å². The molecule has 1 aliphatic heterocycles. The lowest BCUT2D eigenvalue weighted by atomic mass is 9.90. The third kappa shape index (κ3) is 3.96. The molecular formula is C23H25FN2O. The fraction of sp³-hybridized carbons (Fsp3) is 0.348. The average Bonchev–Trinajstić information content (AvgIpc) is 3.11. The number of aromatic amines is 1. The number of ketones is 1. The van der Waals surface area contributed by atoms with Crippen molar-refractivity contribution in [3.63, 3.8) is 0 Å². The summed E-state index contributed by atoms with van der Waals surface area (Å²) in [5.41, 5.74) is 3.61. The van der Waals surface area contributed by atoms with Crippen molar-refractivity contribution >= 4 is 16.7 Å². The second-order valence-corrected chi connectivity index (χ2v) is 7.49. The van der Waals surface area contributed by atoms with Crippen LogP contribution < -0.4 is 0 Å². The molecule has 2 heterocycles. The van der Waals surface area contributed by atoms with E-state index in [2.05, 4.69) is 35.0 Å². The average molecular weight is 364 g/mol. The Balaban J connectivity index is 1.54. The van der Waals surface area contributed by atoms with Gasteiger partial charge in [-0.25, -0.2) is 4.39 Å². The fourth-order valence-electron chi connectivity index (χ4n) is 4.10. The van der Waals surface area contributed by atoms with E-state index in [1.54, 1.807) is 12.1 Å². The van der Waals surface area contributed by atoms with Gasteiger partial charge in [-0.05, 0) is 73.3 Å². The summed E-state index contributed by atoms with van der Waals surface area (Å²) in [6.07, 6.45) is 2.66. The van der Waals surface area contributed by atoms with E-state index >= 15 is 0 Å². The number of hydrogen-bond acceptors (Lipinski definition) is 2. The summed E-state index contributed by atoms with van der Waals surface area (Å²) in [5.74, 6) is 0.229. The Hall–Kier alpha value is -2.46. The van der Waals surface area contributed by atoms with Crippen molar-refractivity contribution in [2.75, 3.05) is 19.6 Å². The predicted octanol–water partition coefficient (Wildman–Crippen LogP) is 4.93. The summed E-state index contributed by atoms with van der Waals surface area (Å²) in [6.45, 7) is 5.62. The standard InChI is InChI=1S/C23H25FN2O/c1-2-26-10-4-6-18(15-26)17-8-9-21-19(13-17)14-22(25-21)23(27)12-16-5-3-7-20(24)11-16/h3,5,7-9,11,13-14,18,25H,2,4,6,10,12,15H2,1H3. The van der Waals surface area contributed by atoms with Crippen LogP contribution in [-0.4, -0.2) is 35.3 Å². The first-order valence-corrected chi connectivity index (χ1v) is 9.75. The number of carbonyl (C=O) groups excluding carboxylic acids is 1. The molecule has 0 spiro atoms. The molecule has 0 saturated carbocycles. The van der Waals surface area contributed by atoms with Crippen molar-refractivity contribution in [1.82, 2.24) is 9.88 Å². The Morgan fingerprint density at radius 1 is 1.22 bits per heavy atom. The van der Waals surface area contributed by atoms with E-state index in [0.29, 0.717) is 17.2 Å². The van der Waals surface area contributed by atoms with Crippen LogP contribution in [0.3, 0.4) is 0 Å². The highest BCUT2D eigenvalue weighted by molar-refractivity contribution is 6.00. The van der Waals surface area contributed by atoms with Gasteiger partial charge in [0.1, 0.15) is 5.82 Å². The first-order chi connectivity index (χ1) is 13.1. The van der Waals surface area contributed by atoms with E-state index in [-0.39, 0.29) is 18.0 Å². The van der Waals surface area contributed by atoms with Crippen molar-refractivity contribution in [2.45, 2.75) is 32.1 Å². The van der Waals surface area contributed by atoms with Crippen LogP contribution in [0, 0.1) is 5.82 Å². The van der Waals surface area contributed by atoms with E-state index in [1.165, 1.54) is 37.1 Å². The number of aromatic nitrogens is 1. The molecule has 0 amide bonds. The SMILES string of the molecule is CCN1CCCC(c2ccc3[nH]c(C(=O)Cc4cccc(F)c4)cc3c2)C1. The number of fused-ring (bicyclic) bond motifs is 1. The molecule has 1 fully saturated rings. The highest BCUT2D eigenvalue weighted by Crippen LogP contribution is 2.29. The molecule has 3 nitrogen and oxygen atoms in total. The van der Waals surface area contributed by atoms with E-state index in [0.717, 1.165) is 24.0 Å². The Kier molecular flexibility index (Phi) is 5.08. The van der Waals surface area contributed by atoms with Gasteiger partial charge >= 0.3 is 0 Å². The monoisotopic (exact) mass is 364 g/mol. The van der Waals surface area contributed by atoms with Crippen LogP contribution in [-0.2, 0) is 6.42 Å². The molecule has 2 aromatic carbocycles. The molecule has 1 aliphatic rings. The number of hydrogen-bond donors (Lipinski definition) is 1. The lowest BCUT2D eigenvalue weighted by Crippen LogP contribution is -2.34. The van der Waals surface area contributed by atoms with Gasteiger partial charge in [-0.2, -0.15) is 0 Å². The number of H-pyrrole nitrogens is 1. The number of halogens is 1. The number of piperidine rings is 1. The zero-order chi connectivity index (χ0) is 18.8. The lowest BCUT2D eigenvalue weighted by molar-refractivity contribution is 0.0989. The molecule has 140 valence electrons. The second kappa shape index (κ2) is 7.65. The molecule has 4 rings (SSSR count). The van der Waals surface area contributed by atoms with Crippen LogP contribution in [0.4, 0.5) is 4.39 Å². The molecule has 1 unspecified atom stereocenters. The number of likely N-dealkylation sites (N-methyl/N-ethyl adjacent to an activating group) is 1. The smallest absolute Gasteiger partial charge is 0.183 e. The fourth-order valence-corrected chi connectivity index (χ4v) is 4.10. The maximum atomic E-state index is 13.3. The van der Waals surface area contributed by atoms with E-state index in [9.17, 15) is 9.18 Å². The highest BCUT2D eigenvalue weighted by Gasteiger charge is 2.21. The summed E-state index contributed by atoms with van der Waals surface area (Å²) in [4.78, 5) is 18.3. The van der Waals surface area contributed by atoms with Crippen molar-refractivity contribution in [3.05, 3.63) is 71.2 Å². The number of nitrogens with zero attached hydrogens (tertiary/aromatic N) is 1. The van der Waals surface area contributed by atoms with Crippen molar-refractivity contribution < 1.29 is 9.18 Å². The van der Waals surface area contributed by atoms with Gasteiger partial charge in [-0.1, -0.05) is 25.1 Å². The summed E-state index contributed by atoms with van der Waals surface area (Å²) < 4.78 is 13.3. The zero-order valence-corrected chi connectivity index (χ0v) is 15.7. The third-order valence-electron chi connectivity index (χ3n) is 5.62. The van der Waals surface area contributed by atoms with Gasteiger partial charge in [-0.15, -0.1) is 0 Å². The van der Waals surface area contributed by atoms with Crippen LogP contribution in [0.5, 0.6) is 0 Å². The minimum atomic E-state index is -0.310. The number of Topliss-reactive ketones (excluding diaryl/α,β-unsaturated/α-hetero) is 1. The van der Waals surface area contributed by atoms with Crippen LogP contribution in [0.2, 0.25) is 0 Å². The summed E-state index contributed by atoms with van der Waals surface area (Å²) in [7, 11) is 0. The Morgan fingerprint density at radius 2 is 2.11 bits per heavy atom. The molecule has 27 heavy (non-hydrogen) atoms. The molecule has 1 saturated heterocycles. The first kappa shape index (κ1) is 17.9. The van der Waals surface area contributed by atoms with Crippen LogP contribution >= 0.6 is 0 Å². The minimum Gasteiger partial charge on any atom is -0.352 e. The third-order valence-corrected chi connectivity index (χ3v) is 5.62. The number of benzene rings is 2. The van der Waals surface area contributed by atoms with Gasteiger partial charge in [0.2, 0.25) is 0 Å². The zero-order valence-electron chi connectivity index (χ0n) is 15.7. The van der Waals surface area contributed by atoms with Crippen LogP contribution in [0.15, 0.2) is 48.5 Å². The molecule has 4 heteroatoms. The van der Waals surface area contributed by atoms with Gasteiger partial charge < -0.3 is 9.88 Å². The Labute approximate surface area is 159 Å². The van der Waals surface area contributed by atoms with E-state index in [4.69, 9.17) is 0 Å². The van der Waals surface area contributed by atoms with Gasteiger partial charge in [0.15, 0.2) is 5.78 Å². The van der Waals surface area contributed by atoms with Gasteiger partial charge in [0, 0.05) is 23.9 Å². The van der Waals surface area contributed by atoms with Gasteiger partial charge in [0.05, 0.1) is 5.69 Å². The number of rotatable bonds is 5. The van der Waals surface area contributed by atoms with Crippen molar-refractivity contribution in [2.24, 2.45) is 0 Å². The second-order valence-electron chi connectivity index (χ2n) is 7.49. The van der Waals surface area contributed by atoms with E-state index in [1.807, 2.05) is 6.07 Å².